The lowest BCUT2D eigenvalue weighted by atomic mass is 10.0. The largest absolute Gasteiger partial charge is 0.493 e. The summed E-state index contributed by atoms with van der Waals surface area (Å²) in [6.07, 6.45) is 1.50. The molecule has 26 heavy (non-hydrogen) atoms. The van der Waals surface area contributed by atoms with Crippen molar-refractivity contribution in [3.63, 3.8) is 0 Å². The maximum atomic E-state index is 13.2. The maximum Gasteiger partial charge on any atom is 0.243 e. The smallest absolute Gasteiger partial charge is 0.243 e. The third kappa shape index (κ3) is 3.64. The van der Waals surface area contributed by atoms with Gasteiger partial charge in [0.05, 0.1) is 25.2 Å². The molecule has 140 valence electrons. The second-order valence-electron chi connectivity index (χ2n) is 5.99. The Morgan fingerprint density at radius 3 is 2.27 bits per heavy atom. The van der Waals surface area contributed by atoms with Crippen LogP contribution in [0.5, 0.6) is 11.5 Å². The van der Waals surface area contributed by atoms with Gasteiger partial charge in [-0.1, -0.05) is 29.3 Å². The average molecular weight is 416 g/mol. The summed E-state index contributed by atoms with van der Waals surface area (Å²) in [5, 5.41) is 0.580. The SMILES string of the molecule is COc1ccc([C@@H]2CCCN2S(=O)(=O)c2cc(Cl)cc(Cl)c2)cc1OC. The van der Waals surface area contributed by atoms with Crippen LogP contribution in [0.15, 0.2) is 41.3 Å². The monoisotopic (exact) mass is 415 g/mol. The topological polar surface area (TPSA) is 55.8 Å². The fourth-order valence-corrected chi connectivity index (χ4v) is 5.64. The molecule has 0 aromatic heterocycles. The first-order chi connectivity index (χ1) is 12.4. The van der Waals surface area contributed by atoms with E-state index in [4.69, 9.17) is 32.7 Å². The Hall–Kier alpha value is -1.47. The van der Waals surface area contributed by atoms with Crippen LogP contribution in [0.2, 0.25) is 10.0 Å². The highest BCUT2D eigenvalue weighted by molar-refractivity contribution is 7.89. The van der Waals surface area contributed by atoms with E-state index in [9.17, 15) is 8.42 Å². The van der Waals surface area contributed by atoms with Crippen LogP contribution in [0.1, 0.15) is 24.4 Å². The van der Waals surface area contributed by atoms with E-state index in [1.807, 2.05) is 12.1 Å². The standard InChI is InChI=1S/C18H19Cl2NO4S/c1-24-17-6-5-12(8-18(17)25-2)16-4-3-7-21(16)26(22,23)15-10-13(19)9-14(20)11-15/h5-6,8-11,16H,3-4,7H2,1-2H3/t16-/m0/s1. The summed E-state index contributed by atoms with van der Waals surface area (Å²) < 4.78 is 38.4. The molecule has 0 amide bonds. The molecule has 1 heterocycles. The van der Waals surface area contributed by atoms with E-state index in [1.165, 1.54) is 22.5 Å². The molecule has 8 heteroatoms. The van der Waals surface area contributed by atoms with Crippen molar-refractivity contribution in [2.75, 3.05) is 20.8 Å². The first-order valence-corrected chi connectivity index (χ1v) is 10.3. The lowest BCUT2D eigenvalue weighted by Crippen LogP contribution is -2.30. The van der Waals surface area contributed by atoms with Crippen LogP contribution < -0.4 is 9.47 Å². The van der Waals surface area contributed by atoms with E-state index in [0.717, 1.165) is 18.4 Å². The Bertz CT molecular complexity index is 897. The minimum Gasteiger partial charge on any atom is -0.493 e. The Labute approximate surface area is 163 Å². The second kappa shape index (κ2) is 7.64. The minimum atomic E-state index is -3.72. The fourth-order valence-electron chi connectivity index (χ4n) is 3.23. The van der Waals surface area contributed by atoms with Crippen LogP contribution in [0, 0.1) is 0 Å². The van der Waals surface area contributed by atoms with Gasteiger partial charge in [-0.15, -0.1) is 0 Å². The van der Waals surface area contributed by atoms with Gasteiger partial charge in [-0.25, -0.2) is 8.42 Å². The fraction of sp³-hybridized carbons (Fsp3) is 0.333. The Balaban J connectivity index is 2.00. The number of ether oxygens (including phenoxy) is 2. The summed E-state index contributed by atoms with van der Waals surface area (Å²) in [4.78, 5) is 0.0994. The van der Waals surface area contributed by atoms with Crippen molar-refractivity contribution < 1.29 is 17.9 Å². The van der Waals surface area contributed by atoms with Gasteiger partial charge in [-0.3, -0.25) is 0 Å². The lowest BCUT2D eigenvalue weighted by molar-refractivity contribution is 0.351. The van der Waals surface area contributed by atoms with E-state index in [0.29, 0.717) is 18.0 Å². The van der Waals surface area contributed by atoms with Crippen LogP contribution >= 0.6 is 23.2 Å². The Morgan fingerprint density at radius 2 is 1.65 bits per heavy atom. The van der Waals surface area contributed by atoms with Crippen LogP contribution in [-0.2, 0) is 10.0 Å². The van der Waals surface area contributed by atoms with Gasteiger partial charge in [-0.05, 0) is 48.7 Å². The summed E-state index contributed by atoms with van der Waals surface area (Å²) in [5.41, 5.74) is 0.858. The predicted octanol–water partition coefficient (Wildman–Crippen LogP) is 4.54. The summed E-state index contributed by atoms with van der Waals surface area (Å²) in [7, 11) is -0.607. The number of nitrogens with zero attached hydrogens (tertiary/aromatic N) is 1. The molecule has 0 N–H and O–H groups in total. The number of halogens is 2. The number of benzene rings is 2. The summed E-state index contributed by atoms with van der Waals surface area (Å²) in [6, 6.07) is 9.55. The van der Waals surface area contributed by atoms with Crippen molar-refractivity contribution in [3.05, 3.63) is 52.0 Å². The van der Waals surface area contributed by atoms with Gasteiger partial charge in [0.1, 0.15) is 0 Å². The van der Waals surface area contributed by atoms with Crippen molar-refractivity contribution in [2.45, 2.75) is 23.8 Å². The molecule has 0 saturated carbocycles. The van der Waals surface area contributed by atoms with Gasteiger partial charge in [-0.2, -0.15) is 4.31 Å². The highest BCUT2D eigenvalue weighted by atomic mass is 35.5. The van der Waals surface area contributed by atoms with Gasteiger partial charge in [0.15, 0.2) is 11.5 Å². The number of methoxy groups -OCH3 is 2. The lowest BCUT2D eigenvalue weighted by Gasteiger charge is -2.25. The van der Waals surface area contributed by atoms with Gasteiger partial charge in [0, 0.05) is 16.6 Å². The molecule has 1 aliphatic heterocycles. The maximum absolute atomic E-state index is 13.2. The molecule has 0 unspecified atom stereocenters. The molecule has 3 rings (SSSR count). The van der Waals surface area contributed by atoms with Gasteiger partial charge < -0.3 is 9.47 Å². The molecule has 0 spiro atoms. The van der Waals surface area contributed by atoms with Crippen molar-refractivity contribution >= 4 is 33.2 Å². The zero-order valence-electron chi connectivity index (χ0n) is 14.4. The molecule has 1 fully saturated rings. The molecule has 0 radical (unpaired) electrons. The molecule has 0 bridgehead atoms. The van der Waals surface area contributed by atoms with Crippen LogP contribution in [0.25, 0.3) is 0 Å². The molecule has 1 saturated heterocycles. The zero-order valence-corrected chi connectivity index (χ0v) is 16.7. The van der Waals surface area contributed by atoms with Gasteiger partial charge in [0.2, 0.25) is 10.0 Å². The quantitative estimate of drug-likeness (QED) is 0.719. The number of hydrogen-bond acceptors (Lipinski definition) is 4. The zero-order chi connectivity index (χ0) is 18.9. The molecule has 5 nitrogen and oxygen atoms in total. The first-order valence-electron chi connectivity index (χ1n) is 8.06. The van der Waals surface area contributed by atoms with E-state index >= 15 is 0 Å². The van der Waals surface area contributed by atoms with Crippen molar-refractivity contribution in [2.24, 2.45) is 0 Å². The van der Waals surface area contributed by atoms with E-state index in [-0.39, 0.29) is 21.0 Å². The van der Waals surface area contributed by atoms with E-state index < -0.39 is 10.0 Å². The van der Waals surface area contributed by atoms with Crippen LogP contribution in [0.3, 0.4) is 0 Å². The minimum absolute atomic E-state index is 0.0994. The first kappa shape index (κ1) is 19.3. The predicted molar refractivity (Wildman–Crippen MR) is 102 cm³/mol. The molecular formula is C18H19Cl2NO4S. The highest BCUT2D eigenvalue weighted by Crippen LogP contribution is 2.40. The van der Waals surface area contributed by atoms with Crippen molar-refractivity contribution in [1.29, 1.82) is 0 Å². The summed E-state index contributed by atoms with van der Waals surface area (Å²) in [6.45, 7) is 0.436. The Kier molecular flexibility index (Phi) is 5.67. The average Bonchev–Trinajstić information content (AvgIpc) is 3.10. The number of hydrogen-bond donors (Lipinski definition) is 0. The van der Waals surface area contributed by atoms with Crippen molar-refractivity contribution in [3.8, 4) is 11.5 Å². The number of sulfonamides is 1. The van der Waals surface area contributed by atoms with Gasteiger partial charge in [0.25, 0.3) is 0 Å². The molecular weight excluding hydrogens is 397 g/mol. The Morgan fingerprint density at radius 1 is 1.00 bits per heavy atom. The van der Waals surface area contributed by atoms with Gasteiger partial charge >= 0.3 is 0 Å². The van der Waals surface area contributed by atoms with Crippen molar-refractivity contribution in [1.82, 2.24) is 4.31 Å². The third-order valence-corrected chi connectivity index (χ3v) is 6.76. The third-order valence-electron chi connectivity index (χ3n) is 4.44. The number of rotatable bonds is 5. The van der Waals surface area contributed by atoms with Crippen LogP contribution in [-0.4, -0.2) is 33.5 Å². The molecule has 1 aliphatic rings. The summed E-state index contributed by atoms with van der Waals surface area (Å²) >= 11 is 12.0. The van der Waals surface area contributed by atoms with E-state index in [1.54, 1.807) is 20.3 Å². The molecule has 0 aliphatic carbocycles. The van der Waals surface area contributed by atoms with E-state index in [2.05, 4.69) is 0 Å². The summed E-state index contributed by atoms with van der Waals surface area (Å²) in [5.74, 6) is 1.17. The molecule has 1 atom stereocenters. The normalized spacial score (nSPS) is 18.1. The molecule has 2 aromatic carbocycles. The highest BCUT2D eigenvalue weighted by Gasteiger charge is 2.36. The molecule has 2 aromatic rings. The second-order valence-corrected chi connectivity index (χ2v) is 8.76. The van der Waals surface area contributed by atoms with Crippen LogP contribution in [0.4, 0.5) is 0 Å².